The van der Waals surface area contributed by atoms with Gasteiger partial charge in [0.15, 0.2) is 0 Å². The summed E-state index contributed by atoms with van der Waals surface area (Å²) in [6.45, 7) is 4.60. The van der Waals surface area contributed by atoms with Crippen LogP contribution < -0.4 is 4.90 Å². The molecule has 1 aromatic heterocycles. The van der Waals surface area contributed by atoms with Crippen LogP contribution >= 0.6 is 0 Å². The maximum atomic E-state index is 12.7. The second kappa shape index (κ2) is 4.72. The first kappa shape index (κ1) is 13.7. The van der Waals surface area contributed by atoms with Crippen molar-refractivity contribution in [3.8, 4) is 6.07 Å². The Kier molecular flexibility index (Phi) is 3.40. The number of anilines is 1. The molecule has 1 aliphatic rings. The number of hydrogen-bond donors (Lipinski definition) is 0. The fourth-order valence-electron chi connectivity index (χ4n) is 2.51. The van der Waals surface area contributed by atoms with Crippen LogP contribution in [0.3, 0.4) is 0 Å². The topological polar surface area (TPSA) is 39.9 Å². The van der Waals surface area contributed by atoms with Gasteiger partial charge in [-0.05, 0) is 31.4 Å². The van der Waals surface area contributed by atoms with E-state index in [1.807, 2.05) is 19.9 Å². The summed E-state index contributed by atoms with van der Waals surface area (Å²) in [7, 11) is 0. The molecule has 2 rings (SSSR count). The Morgan fingerprint density at radius 3 is 2.53 bits per heavy atom. The van der Waals surface area contributed by atoms with Crippen LogP contribution in [0.25, 0.3) is 0 Å². The standard InChI is InChI=1S/C13H14F3N3/c1-8-5-9(2)19(7-8)12-10(6-17)3-4-11(18-12)13(14,15)16/h3-4,8-9H,5,7H2,1-2H3. The molecule has 0 aliphatic carbocycles. The third-order valence-corrected chi connectivity index (χ3v) is 3.34. The normalized spacial score (nSPS) is 23.5. The first-order valence-corrected chi connectivity index (χ1v) is 6.08. The van der Waals surface area contributed by atoms with E-state index < -0.39 is 11.9 Å². The van der Waals surface area contributed by atoms with Gasteiger partial charge in [0.1, 0.15) is 17.6 Å². The highest BCUT2D eigenvalue weighted by atomic mass is 19.4. The van der Waals surface area contributed by atoms with Crippen molar-refractivity contribution in [1.82, 2.24) is 4.98 Å². The van der Waals surface area contributed by atoms with E-state index in [0.717, 1.165) is 12.5 Å². The number of pyridine rings is 1. The molecule has 2 heterocycles. The van der Waals surface area contributed by atoms with Crippen molar-refractivity contribution in [2.45, 2.75) is 32.5 Å². The van der Waals surface area contributed by atoms with Gasteiger partial charge in [0.2, 0.25) is 0 Å². The van der Waals surface area contributed by atoms with Crippen LogP contribution in [0.5, 0.6) is 0 Å². The molecular weight excluding hydrogens is 255 g/mol. The molecule has 1 aromatic rings. The first-order valence-electron chi connectivity index (χ1n) is 6.08. The second-order valence-electron chi connectivity index (χ2n) is 5.02. The monoisotopic (exact) mass is 269 g/mol. The zero-order chi connectivity index (χ0) is 14.2. The van der Waals surface area contributed by atoms with Gasteiger partial charge in [-0.2, -0.15) is 18.4 Å². The van der Waals surface area contributed by atoms with Gasteiger partial charge in [-0.1, -0.05) is 6.92 Å². The van der Waals surface area contributed by atoms with Crippen molar-refractivity contribution < 1.29 is 13.2 Å². The predicted molar refractivity (Wildman–Crippen MR) is 64.5 cm³/mol. The molecule has 0 bridgehead atoms. The van der Waals surface area contributed by atoms with Crippen molar-refractivity contribution in [2.75, 3.05) is 11.4 Å². The zero-order valence-corrected chi connectivity index (χ0v) is 10.7. The number of alkyl halides is 3. The van der Waals surface area contributed by atoms with Gasteiger partial charge in [0, 0.05) is 12.6 Å². The molecule has 0 saturated carbocycles. The lowest BCUT2D eigenvalue weighted by atomic mass is 10.1. The minimum Gasteiger partial charge on any atom is -0.353 e. The molecule has 102 valence electrons. The van der Waals surface area contributed by atoms with Gasteiger partial charge in [-0.25, -0.2) is 4.98 Å². The molecule has 1 aliphatic heterocycles. The van der Waals surface area contributed by atoms with E-state index in [1.165, 1.54) is 6.07 Å². The third-order valence-electron chi connectivity index (χ3n) is 3.34. The molecule has 2 atom stereocenters. The summed E-state index contributed by atoms with van der Waals surface area (Å²) in [4.78, 5) is 5.45. The molecule has 3 nitrogen and oxygen atoms in total. The van der Waals surface area contributed by atoms with E-state index in [9.17, 15) is 13.2 Å². The van der Waals surface area contributed by atoms with Gasteiger partial charge in [-0.3, -0.25) is 0 Å². The van der Waals surface area contributed by atoms with E-state index in [-0.39, 0.29) is 17.4 Å². The smallest absolute Gasteiger partial charge is 0.353 e. The van der Waals surface area contributed by atoms with E-state index in [4.69, 9.17) is 5.26 Å². The van der Waals surface area contributed by atoms with Crippen molar-refractivity contribution >= 4 is 5.82 Å². The summed E-state index contributed by atoms with van der Waals surface area (Å²) in [6, 6.07) is 4.06. The summed E-state index contributed by atoms with van der Waals surface area (Å²) in [5.41, 5.74) is -0.762. The Bertz CT molecular complexity index is 519. The fourth-order valence-corrected chi connectivity index (χ4v) is 2.51. The average molecular weight is 269 g/mol. The largest absolute Gasteiger partial charge is 0.433 e. The summed E-state index contributed by atoms with van der Waals surface area (Å²) in [5, 5.41) is 9.03. The summed E-state index contributed by atoms with van der Waals surface area (Å²) in [6.07, 6.45) is -3.60. The van der Waals surface area contributed by atoms with Crippen LogP contribution in [0, 0.1) is 17.2 Å². The molecule has 0 spiro atoms. The van der Waals surface area contributed by atoms with Crippen molar-refractivity contribution in [2.24, 2.45) is 5.92 Å². The van der Waals surface area contributed by atoms with Crippen molar-refractivity contribution in [1.29, 1.82) is 5.26 Å². The van der Waals surface area contributed by atoms with Crippen LogP contribution in [-0.2, 0) is 6.18 Å². The molecule has 0 amide bonds. The number of hydrogen-bond acceptors (Lipinski definition) is 3. The quantitative estimate of drug-likeness (QED) is 0.786. The Morgan fingerprint density at radius 1 is 1.37 bits per heavy atom. The van der Waals surface area contributed by atoms with Crippen LogP contribution in [0.4, 0.5) is 19.0 Å². The van der Waals surface area contributed by atoms with Gasteiger partial charge < -0.3 is 4.90 Å². The summed E-state index contributed by atoms with van der Waals surface area (Å²) < 4.78 is 38.1. The predicted octanol–water partition coefficient (Wildman–Crippen LogP) is 3.21. The minimum atomic E-state index is -4.49. The number of rotatable bonds is 1. The van der Waals surface area contributed by atoms with Crippen LogP contribution in [0.15, 0.2) is 12.1 Å². The third kappa shape index (κ3) is 2.65. The van der Waals surface area contributed by atoms with Gasteiger partial charge in [0.05, 0.1) is 5.56 Å². The highest BCUT2D eigenvalue weighted by molar-refractivity contribution is 5.56. The Hall–Kier alpha value is -1.77. The number of nitrogens with zero attached hydrogens (tertiary/aromatic N) is 3. The van der Waals surface area contributed by atoms with Crippen LogP contribution in [0.2, 0.25) is 0 Å². The van der Waals surface area contributed by atoms with E-state index in [2.05, 4.69) is 4.98 Å². The maximum Gasteiger partial charge on any atom is 0.433 e. The van der Waals surface area contributed by atoms with E-state index in [1.54, 1.807) is 4.90 Å². The Balaban J connectivity index is 2.46. The minimum absolute atomic E-state index is 0.0954. The first-order chi connectivity index (χ1) is 8.82. The molecule has 1 saturated heterocycles. The van der Waals surface area contributed by atoms with Gasteiger partial charge in [0.25, 0.3) is 0 Å². The molecule has 19 heavy (non-hydrogen) atoms. The van der Waals surface area contributed by atoms with E-state index in [0.29, 0.717) is 12.5 Å². The molecule has 0 N–H and O–H groups in total. The lowest BCUT2D eigenvalue weighted by Crippen LogP contribution is -2.29. The molecule has 6 heteroatoms. The SMILES string of the molecule is CC1CC(C)N(c2nc(C(F)(F)F)ccc2C#N)C1. The van der Waals surface area contributed by atoms with Crippen LogP contribution in [-0.4, -0.2) is 17.6 Å². The number of aromatic nitrogens is 1. The Labute approximate surface area is 109 Å². The highest BCUT2D eigenvalue weighted by Gasteiger charge is 2.35. The van der Waals surface area contributed by atoms with Gasteiger partial charge >= 0.3 is 6.18 Å². The maximum absolute atomic E-state index is 12.7. The highest BCUT2D eigenvalue weighted by Crippen LogP contribution is 2.33. The second-order valence-corrected chi connectivity index (χ2v) is 5.02. The average Bonchev–Trinajstić information content (AvgIpc) is 2.66. The molecule has 2 unspecified atom stereocenters. The van der Waals surface area contributed by atoms with Gasteiger partial charge in [-0.15, -0.1) is 0 Å². The lowest BCUT2D eigenvalue weighted by Gasteiger charge is -2.24. The molecular formula is C13H14F3N3. The lowest BCUT2D eigenvalue weighted by molar-refractivity contribution is -0.141. The van der Waals surface area contributed by atoms with E-state index >= 15 is 0 Å². The summed E-state index contributed by atoms with van der Waals surface area (Å²) >= 11 is 0. The van der Waals surface area contributed by atoms with Crippen molar-refractivity contribution in [3.05, 3.63) is 23.4 Å². The molecule has 0 radical (unpaired) electrons. The van der Waals surface area contributed by atoms with Crippen LogP contribution in [0.1, 0.15) is 31.5 Å². The number of halogens is 3. The molecule has 0 aromatic carbocycles. The molecule has 1 fully saturated rings. The van der Waals surface area contributed by atoms with Crippen molar-refractivity contribution in [3.63, 3.8) is 0 Å². The zero-order valence-electron chi connectivity index (χ0n) is 10.7. The summed E-state index contributed by atoms with van der Waals surface area (Å²) in [5.74, 6) is 0.534. The Morgan fingerprint density at radius 2 is 2.05 bits per heavy atom. The number of nitriles is 1. The fraction of sp³-hybridized carbons (Fsp3) is 0.538.